The molecule has 0 unspecified atom stereocenters. The Bertz CT molecular complexity index is 1930. The van der Waals surface area contributed by atoms with Gasteiger partial charge in [-0.25, -0.2) is 24.4 Å². The zero-order valence-electron chi connectivity index (χ0n) is 31.2. The van der Waals surface area contributed by atoms with E-state index in [4.69, 9.17) is 14.3 Å². The molecule has 0 saturated carbocycles. The van der Waals surface area contributed by atoms with Gasteiger partial charge in [0.15, 0.2) is 11.2 Å². The number of aromatic amines is 1. The molecule has 1 saturated heterocycles. The molecule has 1 aromatic carbocycles. The van der Waals surface area contributed by atoms with E-state index in [0.29, 0.717) is 22.5 Å². The van der Waals surface area contributed by atoms with Crippen LogP contribution in [0.2, 0.25) is 51.4 Å². The number of benzene rings is 1. The molecule has 0 radical (unpaired) electrons. The molecule has 1 aliphatic rings. The molecule has 2 aromatic heterocycles. The summed E-state index contributed by atoms with van der Waals surface area (Å²) in [6.07, 6.45) is 0.00750. The number of esters is 1. The van der Waals surface area contributed by atoms with Crippen molar-refractivity contribution in [1.82, 2.24) is 30.3 Å². The summed E-state index contributed by atoms with van der Waals surface area (Å²) in [7, 11) is -2.92. The van der Waals surface area contributed by atoms with Gasteiger partial charge in [0.05, 0.1) is 38.1 Å². The minimum absolute atomic E-state index is 0.0289. The minimum atomic E-state index is -1.53. The topological polar surface area (TPSA) is 241 Å². The maximum Gasteiger partial charge on any atom is 0.413 e. The summed E-state index contributed by atoms with van der Waals surface area (Å²) in [5.41, 5.74) is 0.623. The van der Waals surface area contributed by atoms with Crippen LogP contribution in [-0.4, -0.2) is 96.2 Å². The fourth-order valence-electron chi connectivity index (χ4n) is 4.73. The molecular formula is C34H46N8O10Si2. The number of fused-ring (bicyclic) bond motifs is 1. The lowest BCUT2D eigenvalue weighted by Gasteiger charge is -2.20. The maximum atomic E-state index is 13.2. The van der Waals surface area contributed by atoms with Crippen LogP contribution in [0, 0.1) is 0 Å². The van der Waals surface area contributed by atoms with Crippen LogP contribution in [0.4, 0.5) is 16.4 Å². The summed E-state index contributed by atoms with van der Waals surface area (Å²) >= 11 is 0. The van der Waals surface area contributed by atoms with Gasteiger partial charge in [0.2, 0.25) is 5.95 Å². The highest BCUT2D eigenvalue weighted by Crippen LogP contribution is 2.16. The lowest BCUT2D eigenvalue weighted by molar-refractivity contribution is -0.197. The highest BCUT2D eigenvalue weighted by Gasteiger charge is 2.33. The molecule has 4 rings (SSSR count). The highest BCUT2D eigenvalue weighted by molar-refractivity contribution is 6.76. The van der Waals surface area contributed by atoms with Gasteiger partial charge >= 0.3 is 18.0 Å². The smallest absolute Gasteiger partial charge is 0.413 e. The Hall–Kier alpha value is -5.51. The van der Waals surface area contributed by atoms with Crippen LogP contribution in [0.3, 0.4) is 0 Å². The molecular weight excluding hydrogens is 737 g/mol. The van der Waals surface area contributed by atoms with Gasteiger partial charge in [0.1, 0.15) is 6.04 Å². The second-order valence-electron chi connectivity index (χ2n) is 15.0. The number of ether oxygens (including phenoxy) is 2. The van der Waals surface area contributed by atoms with Crippen molar-refractivity contribution in [2.24, 2.45) is 0 Å². The van der Waals surface area contributed by atoms with Crippen molar-refractivity contribution in [3.05, 3.63) is 52.1 Å². The van der Waals surface area contributed by atoms with E-state index in [9.17, 15) is 33.6 Å². The number of hydroxylamine groups is 2. The minimum Gasteiger partial charge on any atom is -0.464 e. The van der Waals surface area contributed by atoms with Gasteiger partial charge in [-0.15, -0.1) is 5.06 Å². The molecule has 1 aliphatic heterocycles. The molecule has 0 bridgehead atoms. The van der Waals surface area contributed by atoms with Gasteiger partial charge in [0.25, 0.3) is 23.3 Å². The fourth-order valence-corrected chi connectivity index (χ4v) is 6.16. The Morgan fingerprint density at radius 2 is 1.52 bits per heavy atom. The van der Waals surface area contributed by atoms with Gasteiger partial charge in [-0.2, -0.15) is 4.98 Å². The number of nitrogens with zero attached hydrogens (tertiary/aromatic N) is 4. The van der Waals surface area contributed by atoms with Gasteiger partial charge in [0, 0.05) is 40.2 Å². The molecule has 290 valence electrons. The van der Waals surface area contributed by atoms with Crippen LogP contribution in [0.1, 0.15) is 41.7 Å². The quantitative estimate of drug-likeness (QED) is 0.0870. The molecule has 54 heavy (non-hydrogen) atoms. The number of hydrogen-bond donors (Lipinski definition) is 4. The first-order valence-corrected chi connectivity index (χ1v) is 24.9. The summed E-state index contributed by atoms with van der Waals surface area (Å²) in [6, 6.07) is 6.58. The number of carbonyl (C=O) groups excluding carboxylic acids is 6. The van der Waals surface area contributed by atoms with E-state index in [-0.39, 0.29) is 68.1 Å². The molecule has 1 atom stereocenters. The number of H-pyrrole nitrogens is 1. The lowest BCUT2D eigenvalue weighted by atomic mass is 10.1. The molecule has 3 aromatic rings. The summed E-state index contributed by atoms with van der Waals surface area (Å²) in [4.78, 5) is 107. The number of amides is 4. The van der Waals surface area contributed by atoms with Crippen LogP contribution >= 0.6 is 0 Å². The van der Waals surface area contributed by atoms with Crippen LogP contribution < -0.4 is 21.5 Å². The van der Waals surface area contributed by atoms with Crippen molar-refractivity contribution in [2.45, 2.75) is 89.6 Å². The number of hydrogen-bond acceptors (Lipinski definition) is 14. The summed E-state index contributed by atoms with van der Waals surface area (Å²) in [6.45, 7) is 13.4. The van der Waals surface area contributed by atoms with Crippen molar-refractivity contribution in [1.29, 1.82) is 0 Å². The van der Waals surface area contributed by atoms with Crippen LogP contribution in [0.15, 0.2) is 35.3 Å². The number of imide groups is 1. The Balaban J connectivity index is 1.34. The van der Waals surface area contributed by atoms with Gasteiger partial charge in [-0.05, 0) is 42.8 Å². The fraction of sp³-hybridized carbons (Fsp3) is 0.471. The highest BCUT2D eigenvalue weighted by atomic mass is 28.3. The maximum absolute atomic E-state index is 13.2. The normalized spacial score (nSPS) is 13.7. The zero-order valence-corrected chi connectivity index (χ0v) is 33.2. The summed E-state index contributed by atoms with van der Waals surface area (Å²) < 4.78 is 10.6. The largest absolute Gasteiger partial charge is 0.464 e. The molecule has 3 heterocycles. The van der Waals surface area contributed by atoms with Crippen molar-refractivity contribution in [2.75, 3.05) is 23.8 Å². The first-order valence-electron chi connectivity index (χ1n) is 17.4. The predicted octanol–water partition coefficient (Wildman–Crippen LogP) is 3.58. The van der Waals surface area contributed by atoms with Crippen molar-refractivity contribution >= 4 is 74.7 Å². The van der Waals surface area contributed by atoms with E-state index in [1.54, 1.807) is 12.1 Å². The van der Waals surface area contributed by atoms with E-state index < -0.39 is 63.5 Å². The SMILES string of the molecule is C[Si](C)(C)CCOC(=O)Nc1nc2ncc(CNc3ccc(C(=O)N[C@@H](CCC(=O)ON4C(=O)CCC4=O)C(=O)OCC[Si](C)(C)C)cc3)nc2c(=O)[nH]1. The van der Waals surface area contributed by atoms with E-state index in [1.165, 1.54) is 18.3 Å². The van der Waals surface area contributed by atoms with Gasteiger partial charge in [-0.3, -0.25) is 29.5 Å². The average molecular weight is 783 g/mol. The third-order valence-corrected chi connectivity index (χ3v) is 11.3. The standard InChI is InChI=1S/C34H46N8O10Si2/c1-53(2,3)17-15-50-32(48)24(11-14-27(45)52-42-25(43)12-13-26(42)44)38-30(46)21-7-9-22(10-8-21)35-19-23-20-36-29-28(37-23)31(47)40-33(39-29)41-34(49)51-16-18-54(4,5)6/h7-10,20,24,35H,11-19H2,1-6H3,(H,38,46)(H2,36,39,40,41,47,49)/t24-/m0/s1. The lowest BCUT2D eigenvalue weighted by Crippen LogP contribution is -2.43. The molecule has 1 fully saturated rings. The first-order chi connectivity index (χ1) is 25.4. The Morgan fingerprint density at radius 1 is 0.889 bits per heavy atom. The van der Waals surface area contributed by atoms with Crippen molar-refractivity contribution in [3.8, 4) is 0 Å². The molecule has 18 nitrogen and oxygen atoms in total. The number of anilines is 2. The zero-order chi connectivity index (χ0) is 39.6. The predicted molar refractivity (Wildman–Crippen MR) is 202 cm³/mol. The Kier molecular flexibility index (Phi) is 13.8. The van der Waals surface area contributed by atoms with Gasteiger partial charge in [-0.1, -0.05) is 39.3 Å². The number of aromatic nitrogens is 4. The average Bonchev–Trinajstić information content (AvgIpc) is 3.40. The third-order valence-electron chi connectivity index (χ3n) is 7.92. The monoisotopic (exact) mass is 782 g/mol. The molecule has 4 N–H and O–H groups in total. The second-order valence-corrected chi connectivity index (χ2v) is 26.3. The molecule has 4 amide bonds. The van der Waals surface area contributed by atoms with Crippen LogP contribution in [-0.2, 0) is 40.0 Å². The van der Waals surface area contributed by atoms with E-state index in [0.717, 1.165) is 6.04 Å². The van der Waals surface area contributed by atoms with Crippen LogP contribution in [0.5, 0.6) is 0 Å². The number of carbonyl (C=O) groups is 6. The summed E-state index contributed by atoms with van der Waals surface area (Å²) in [5.74, 6) is -3.61. The number of rotatable bonds is 17. The third kappa shape index (κ3) is 12.9. The van der Waals surface area contributed by atoms with Crippen molar-refractivity contribution < 1.29 is 43.1 Å². The Morgan fingerprint density at radius 3 is 2.15 bits per heavy atom. The number of nitrogens with one attached hydrogen (secondary N) is 4. The molecule has 0 aliphatic carbocycles. The van der Waals surface area contributed by atoms with Crippen LogP contribution in [0.25, 0.3) is 11.2 Å². The Labute approximate surface area is 313 Å². The second kappa shape index (κ2) is 18.0. The first kappa shape index (κ1) is 41.3. The summed E-state index contributed by atoms with van der Waals surface area (Å²) in [5, 5.41) is 8.57. The van der Waals surface area contributed by atoms with E-state index in [2.05, 4.69) is 75.2 Å². The van der Waals surface area contributed by atoms with E-state index >= 15 is 0 Å². The van der Waals surface area contributed by atoms with E-state index in [1.807, 2.05) is 0 Å². The molecule has 20 heteroatoms. The molecule has 0 spiro atoms. The van der Waals surface area contributed by atoms with Gasteiger partial charge < -0.3 is 24.9 Å². The van der Waals surface area contributed by atoms with Crippen molar-refractivity contribution in [3.63, 3.8) is 0 Å².